The number of carbonyl (C=O) groups excluding carboxylic acids is 1. The number of nitrogens with one attached hydrogen (secondary N) is 2. The number of aromatic nitrogens is 3. The number of aryl methyl sites for hydroxylation is 1. The van der Waals surface area contributed by atoms with E-state index in [1.165, 1.54) is 6.07 Å². The number of H-pyrrole nitrogens is 1. The fourth-order valence-corrected chi connectivity index (χ4v) is 2.45. The summed E-state index contributed by atoms with van der Waals surface area (Å²) in [7, 11) is 0. The van der Waals surface area contributed by atoms with Gasteiger partial charge in [0.25, 0.3) is 0 Å². The van der Waals surface area contributed by atoms with Crippen molar-refractivity contribution >= 4 is 11.6 Å². The molecule has 0 atom stereocenters. The number of rotatable bonds is 6. The quantitative estimate of drug-likeness (QED) is 0.706. The van der Waals surface area contributed by atoms with Crippen molar-refractivity contribution in [1.29, 1.82) is 0 Å². The van der Waals surface area contributed by atoms with Gasteiger partial charge in [-0.15, -0.1) is 0 Å². The summed E-state index contributed by atoms with van der Waals surface area (Å²) >= 11 is 0. The number of anilines is 1. The van der Waals surface area contributed by atoms with Crippen LogP contribution in [0.1, 0.15) is 11.4 Å². The molecule has 0 aliphatic heterocycles. The summed E-state index contributed by atoms with van der Waals surface area (Å²) in [5.74, 6) is 0.848. The van der Waals surface area contributed by atoms with E-state index in [1.54, 1.807) is 43.3 Å². The molecule has 3 rings (SSSR count). The van der Waals surface area contributed by atoms with Crippen molar-refractivity contribution in [3.63, 3.8) is 0 Å². The van der Waals surface area contributed by atoms with Gasteiger partial charge in [-0.1, -0.05) is 30.3 Å². The Hall–Kier alpha value is -3.29. The minimum atomic E-state index is -2.94. The number of hydrogen-bond acceptors (Lipinski definition) is 4. The van der Waals surface area contributed by atoms with Crippen LogP contribution in [-0.4, -0.2) is 27.7 Å². The highest BCUT2D eigenvalue weighted by molar-refractivity contribution is 5.93. The largest absolute Gasteiger partial charge is 0.435 e. The van der Waals surface area contributed by atoms with E-state index >= 15 is 0 Å². The fourth-order valence-electron chi connectivity index (χ4n) is 2.45. The van der Waals surface area contributed by atoms with Crippen LogP contribution >= 0.6 is 0 Å². The molecule has 26 heavy (non-hydrogen) atoms. The average Bonchev–Trinajstić information content (AvgIpc) is 3.03. The topological polar surface area (TPSA) is 79.9 Å². The number of nitrogens with zero attached hydrogens (tertiary/aromatic N) is 2. The van der Waals surface area contributed by atoms with Gasteiger partial charge >= 0.3 is 6.61 Å². The Kier molecular flexibility index (Phi) is 5.21. The number of hydrogen-bond donors (Lipinski definition) is 2. The first kappa shape index (κ1) is 17.5. The smallest absolute Gasteiger partial charge is 0.387 e. The molecule has 2 aromatic carbocycles. The predicted octanol–water partition coefficient (Wildman–Crippen LogP) is 3.56. The molecule has 0 spiro atoms. The van der Waals surface area contributed by atoms with Crippen LogP contribution in [-0.2, 0) is 11.2 Å². The van der Waals surface area contributed by atoms with Crippen molar-refractivity contribution in [2.45, 2.75) is 20.0 Å². The zero-order valence-corrected chi connectivity index (χ0v) is 13.9. The van der Waals surface area contributed by atoms with E-state index in [0.717, 1.165) is 5.56 Å². The number of ether oxygens (including phenoxy) is 1. The van der Waals surface area contributed by atoms with Crippen molar-refractivity contribution in [2.75, 3.05) is 5.32 Å². The first-order valence-electron chi connectivity index (χ1n) is 7.83. The van der Waals surface area contributed by atoms with Gasteiger partial charge in [-0.25, -0.2) is 4.98 Å². The highest BCUT2D eigenvalue weighted by Crippen LogP contribution is 2.22. The van der Waals surface area contributed by atoms with Crippen LogP contribution in [0.4, 0.5) is 14.5 Å². The second-order valence-electron chi connectivity index (χ2n) is 5.54. The Labute approximate surface area is 148 Å². The van der Waals surface area contributed by atoms with Gasteiger partial charge < -0.3 is 10.1 Å². The van der Waals surface area contributed by atoms with Crippen molar-refractivity contribution in [3.8, 4) is 17.1 Å². The lowest BCUT2D eigenvalue weighted by Gasteiger charge is -2.11. The first-order valence-corrected chi connectivity index (χ1v) is 7.83. The summed E-state index contributed by atoms with van der Waals surface area (Å²) < 4.78 is 29.4. The Morgan fingerprint density at radius 3 is 2.77 bits per heavy atom. The molecule has 0 aliphatic carbocycles. The molecule has 3 aromatic rings. The van der Waals surface area contributed by atoms with Gasteiger partial charge in [-0.3, -0.25) is 9.89 Å². The molecule has 0 saturated heterocycles. The zero-order chi connectivity index (χ0) is 18.5. The molecular formula is C18H16F2N4O2. The van der Waals surface area contributed by atoms with Crippen molar-refractivity contribution in [2.24, 2.45) is 0 Å². The predicted molar refractivity (Wildman–Crippen MR) is 92.0 cm³/mol. The highest BCUT2D eigenvalue weighted by atomic mass is 19.3. The van der Waals surface area contributed by atoms with E-state index < -0.39 is 6.61 Å². The standard InChI is InChI=1S/C18H16F2N4O2/c1-11-21-17(24-23-11)13-6-4-7-14(9-13)22-16(25)10-12-5-2-3-8-15(12)26-18(19)20/h2-9,18H,10H2,1H3,(H,22,25)(H,21,23,24). The van der Waals surface area contributed by atoms with Gasteiger partial charge in [0.2, 0.25) is 5.91 Å². The van der Waals surface area contributed by atoms with Crippen LogP contribution in [0.15, 0.2) is 48.5 Å². The number of alkyl halides is 2. The lowest BCUT2D eigenvalue weighted by Crippen LogP contribution is -2.15. The Bertz CT molecular complexity index is 911. The molecule has 0 saturated carbocycles. The summed E-state index contributed by atoms with van der Waals surface area (Å²) in [6, 6.07) is 13.3. The third-order valence-electron chi connectivity index (χ3n) is 3.54. The van der Waals surface area contributed by atoms with Gasteiger partial charge in [0, 0.05) is 16.8 Å². The Morgan fingerprint density at radius 1 is 1.23 bits per heavy atom. The summed E-state index contributed by atoms with van der Waals surface area (Å²) in [4.78, 5) is 16.5. The van der Waals surface area contributed by atoms with Crippen LogP contribution in [0, 0.1) is 6.92 Å². The summed E-state index contributed by atoms with van der Waals surface area (Å²) in [5, 5.41) is 9.58. The molecule has 2 N–H and O–H groups in total. The van der Waals surface area contributed by atoms with E-state index in [0.29, 0.717) is 22.9 Å². The number of aromatic amines is 1. The minimum Gasteiger partial charge on any atom is -0.435 e. The third kappa shape index (κ3) is 4.41. The molecular weight excluding hydrogens is 342 g/mol. The molecule has 0 radical (unpaired) electrons. The van der Waals surface area contributed by atoms with Gasteiger partial charge in [-0.05, 0) is 25.1 Å². The average molecular weight is 358 g/mol. The Balaban J connectivity index is 1.71. The lowest BCUT2D eigenvalue weighted by atomic mass is 10.1. The molecule has 0 unspecified atom stereocenters. The number of halogens is 2. The molecule has 0 fully saturated rings. The second-order valence-corrected chi connectivity index (χ2v) is 5.54. The van der Waals surface area contributed by atoms with Crippen molar-refractivity contribution in [3.05, 3.63) is 59.9 Å². The van der Waals surface area contributed by atoms with Crippen LogP contribution in [0.5, 0.6) is 5.75 Å². The van der Waals surface area contributed by atoms with Crippen LogP contribution in [0.2, 0.25) is 0 Å². The number of benzene rings is 2. The van der Waals surface area contributed by atoms with Crippen LogP contribution in [0.25, 0.3) is 11.4 Å². The van der Waals surface area contributed by atoms with E-state index in [9.17, 15) is 13.6 Å². The van der Waals surface area contributed by atoms with Crippen molar-refractivity contribution < 1.29 is 18.3 Å². The number of amides is 1. The van der Waals surface area contributed by atoms with Gasteiger partial charge in [0.15, 0.2) is 5.82 Å². The van der Waals surface area contributed by atoms with E-state index in [-0.39, 0.29) is 18.1 Å². The van der Waals surface area contributed by atoms with Gasteiger partial charge in [0.1, 0.15) is 11.6 Å². The zero-order valence-electron chi connectivity index (χ0n) is 13.9. The lowest BCUT2D eigenvalue weighted by molar-refractivity contribution is -0.115. The fraction of sp³-hybridized carbons (Fsp3) is 0.167. The minimum absolute atomic E-state index is 0.0115. The van der Waals surface area contributed by atoms with Crippen LogP contribution in [0.3, 0.4) is 0 Å². The number of carbonyl (C=O) groups is 1. The summed E-state index contributed by atoms with van der Waals surface area (Å²) in [6.07, 6.45) is -0.0904. The monoisotopic (exact) mass is 358 g/mol. The highest BCUT2D eigenvalue weighted by Gasteiger charge is 2.13. The molecule has 1 amide bonds. The van der Waals surface area contributed by atoms with Gasteiger partial charge in [0.05, 0.1) is 6.42 Å². The second kappa shape index (κ2) is 7.73. The maximum atomic E-state index is 12.5. The molecule has 1 aromatic heterocycles. The van der Waals surface area contributed by atoms with E-state index in [1.807, 2.05) is 6.07 Å². The molecule has 0 bridgehead atoms. The van der Waals surface area contributed by atoms with Crippen LogP contribution < -0.4 is 10.1 Å². The summed E-state index contributed by atoms with van der Waals surface area (Å²) in [5.41, 5.74) is 1.68. The first-order chi connectivity index (χ1) is 12.5. The summed E-state index contributed by atoms with van der Waals surface area (Å²) in [6.45, 7) is -1.15. The normalized spacial score (nSPS) is 10.8. The maximum Gasteiger partial charge on any atom is 0.387 e. The molecule has 0 aliphatic rings. The van der Waals surface area contributed by atoms with Crippen molar-refractivity contribution in [1.82, 2.24) is 15.2 Å². The molecule has 1 heterocycles. The Morgan fingerprint density at radius 2 is 2.04 bits per heavy atom. The SMILES string of the molecule is Cc1nc(-c2cccc(NC(=O)Cc3ccccc3OC(F)F)c2)n[nH]1. The van der Waals surface area contributed by atoms with Gasteiger partial charge in [-0.2, -0.15) is 13.9 Å². The maximum absolute atomic E-state index is 12.5. The molecule has 134 valence electrons. The molecule has 8 heteroatoms. The van der Waals surface area contributed by atoms with E-state index in [4.69, 9.17) is 0 Å². The number of para-hydroxylation sites is 1. The van der Waals surface area contributed by atoms with E-state index in [2.05, 4.69) is 25.2 Å². The molecule has 6 nitrogen and oxygen atoms in total. The third-order valence-corrected chi connectivity index (χ3v) is 3.54.